The van der Waals surface area contributed by atoms with E-state index in [0.29, 0.717) is 5.92 Å². The van der Waals surface area contributed by atoms with Gasteiger partial charge < -0.3 is 10.5 Å². The first-order chi connectivity index (χ1) is 8.04. The highest BCUT2D eigenvalue weighted by atomic mass is 16.5. The van der Waals surface area contributed by atoms with Crippen molar-refractivity contribution in [1.29, 1.82) is 0 Å². The van der Waals surface area contributed by atoms with Crippen LogP contribution in [0.5, 0.6) is 5.75 Å². The first-order valence-corrected chi connectivity index (χ1v) is 6.53. The lowest BCUT2D eigenvalue weighted by Gasteiger charge is -2.18. The van der Waals surface area contributed by atoms with Crippen LogP contribution in [0, 0.1) is 6.92 Å². The van der Waals surface area contributed by atoms with Crippen molar-refractivity contribution in [3.05, 3.63) is 29.3 Å². The molecule has 0 bridgehead atoms. The highest BCUT2D eigenvalue weighted by Crippen LogP contribution is 2.30. The predicted molar refractivity (Wildman–Crippen MR) is 73.6 cm³/mol. The Hall–Kier alpha value is -1.02. The molecule has 1 aromatic rings. The Morgan fingerprint density at radius 3 is 2.53 bits per heavy atom. The van der Waals surface area contributed by atoms with Crippen LogP contribution in [0.25, 0.3) is 0 Å². The fourth-order valence-corrected chi connectivity index (χ4v) is 2.01. The van der Waals surface area contributed by atoms with E-state index in [4.69, 9.17) is 10.5 Å². The summed E-state index contributed by atoms with van der Waals surface area (Å²) in [4.78, 5) is 0. The number of hydrogen-bond donors (Lipinski definition) is 1. The molecule has 0 saturated carbocycles. The SMILES string of the molecule is CCOc1ccc(C)cc1C(C)CCC(C)N. The van der Waals surface area contributed by atoms with Crippen molar-refractivity contribution in [1.82, 2.24) is 0 Å². The number of benzene rings is 1. The van der Waals surface area contributed by atoms with E-state index >= 15 is 0 Å². The molecule has 1 rings (SSSR count). The summed E-state index contributed by atoms with van der Waals surface area (Å²) < 4.78 is 5.69. The Labute approximate surface area is 105 Å². The van der Waals surface area contributed by atoms with Crippen LogP contribution in [-0.4, -0.2) is 12.6 Å². The Bertz CT molecular complexity index is 347. The van der Waals surface area contributed by atoms with Crippen molar-refractivity contribution >= 4 is 0 Å². The van der Waals surface area contributed by atoms with Crippen LogP contribution in [0.3, 0.4) is 0 Å². The summed E-state index contributed by atoms with van der Waals surface area (Å²) in [6.45, 7) is 9.18. The van der Waals surface area contributed by atoms with Crippen LogP contribution in [0.2, 0.25) is 0 Å². The average Bonchev–Trinajstić information content (AvgIpc) is 2.28. The normalized spacial score (nSPS) is 14.4. The molecule has 0 amide bonds. The second kappa shape index (κ2) is 6.65. The second-order valence-corrected chi connectivity index (χ2v) is 4.93. The molecule has 96 valence electrons. The van der Waals surface area contributed by atoms with Gasteiger partial charge in [0.2, 0.25) is 0 Å². The lowest BCUT2D eigenvalue weighted by atomic mass is 9.93. The third kappa shape index (κ3) is 4.39. The van der Waals surface area contributed by atoms with Crippen LogP contribution in [0.4, 0.5) is 0 Å². The van der Waals surface area contributed by atoms with Gasteiger partial charge in [-0.2, -0.15) is 0 Å². The van der Waals surface area contributed by atoms with E-state index < -0.39 is 0 Å². The van der Waals surface area contributed by atoms with E-state index in [2.05, 4.69) is 39.0 Å². The Morgan fingerprint density at radius 2 is 1.94 bits per heavy atom. The minimum Gasteiger partial charge on any atom is -0.494 e. The van der Waals surface area contributed by atoms with Crippen molar-refractivity contribution in [2.75, 3.05) is 6.61 Å². The Balaban J connectivity index is 2.81. The first-order valence-electron chi connectivity index (χ1n) is 6.53. The van der Waals surface area contributed by atoms with Gasteiger partial charge in [0.25, 0.3) is 0 Å². The summed E-state index contributed by atoms with van der Waals surface area (Å²) in [7, 11) is 0. The van der Waals surface area contributed by atoms with E-state index in [1.807, 2.05) is 6.92 Å². The first kappa shape index (κ1) is 14.0. The Morgan fingerprint density at radius 1 is 1.24 bits per heavy atom. The van der Waals surface area contributed by atoms with Gasteiger partial charge >= 0.3 is 0 Å². The molecule has 0 radical (unpaired) electrons. The molecule has 0 aromatic heterocycles. The maximum atomic E-state index is 5.81. The molecule has 0 aliphatic heterocycles. The molecular formula is C15H25NO. The minimum absolute atomic E-state index is 0.276. The average molecular weight is 235 g/mol. The maximum Gasteiger partial charge on any atom is 0.122 e. The molecule has 0 heterocycles. The quantitative estimate of drug-likeness (QED) is 0.817. The summed E-state index contributed by atoms with van der Waals surface area (Å²) >= 11 is 0. The molecule has 0 saturated heterocycles. The molecule has 2 N–H and O–H groups in total. The van der Waals surface area contributed by atoms with Crippen molar-refractivity contribution in [2.24, 2.45) is 5.73 Å². The summed E-state index contributed by atoms with van der Waals surface area (Å²) in [6, 6.07) is 6.69. The molecule has 0 aliphatic carbocycles. The third-order valence-electron chi connectivity index (χ3n) is 3.05. The monoisotopic (exact) mass is 235 g/mol. The molecule has 17 heavy (non-hydrogen) atoms. The van der Waals surface area contributed by atoms with E-state index in [0.717, 1.165) is 25.2 Å². The lowest BCUT2D eigenvalue weighted by Crippen LogP contribution is -2.15. The summed E-state index contributed by atoms with van der Waals surface area (Å²) in [5.41, 5.74) is 8.41. The zero-order valence-corrected chi connectivity index (χ0v) is 11.5. The van der Waals surface area contributed by atoms with Crippen LogP contribution in [0.15, 0.2) is 18.2 Å². The molecule has 0 fully saturated rings. The number of ether oxygens (including phenoxy) is 1. The van der Waals surface area contributed by atoms with Gasteiger partial charge in [0.1, 0.15) is 5.75 Å². The maximum absolute atomic E-state index is 5.81. The van der Waals surface area contributed by atoms with Crippen LogP contribution < -0.4 is 10.5 Å². The fourth-order valence-electron chi connectivity index (χ4n) is 2.01. The number of nitrogens with two attached hydrogens (primary N) is 1. The van der Waals surface area contributed by atoms with Crippen LogP contribution in [-0.2, 0) is 0 Å². The number of aryl methyl sites for hydroxylation is 1. The van der Waals surface area contributed by atoms with Crippen molar-refractivity contribution < 1.29 is 4.74 Å². The van der Waals surface area contributed by atoms with E-state index in [-0.39, 0.29) is 6.04 Å². The molecular weight excluding hydrogens is 210 g/mol. The number of hydrogen-bond acceptors (Lipinski definition) is 2. The highest BCUT2D eigenvalue weighted by Gasteiger charge is 2.12. The second-order valence-electron chi connectivity index (χ2n) is 4.93. The predicted octanol–water partition coefficient (Wildman–Crippen LogP) is 3.62. The topological polar surface area (TPSA) is 35.2 Å². The molecule has 2 heteroatoms. The third-order valence-corrected chi connectivity index (χ3v) is 3.05. The largest absolute Gasteiger partial charge is 0.494 e. The number of rotatable bonds is 6. The highest BCUT2D eigenvalue weighted by molar-refractivity contribution is 5.39. The zero-order valence-electron chi connectivity index (χ0n) is 11.5. The standard InChI is InChI=1S/C15H25NO/c1-5-17-15-9-6-11(2)10-14(15)12(3)7-8-13(4)16/h6,9-10,12-13H,5,7-8,16H2,1-4H3. The molecule has 2 nitrogen and oxygen atoms in total. The lowest BCUT2D eigenvalue weighted by molar-refractivity contribution is 0.333. The van der Waals surface area contributed by atoms with Gasteiger partial charge in [-0.25, -0.2) is 0 Å². The Kier molecular flexibility index (Phi) is 5.49. The molecule has 2 unspecified atom stereocenters. The van der Waals surface area contributed by atoms with Crippen molar-refractivity contribution in [3.8, 4) is 5.75 Å². The van der Waals surface area contributed by atoms with Crippen LogP contribution in [0.1, 0.15) is 50.7 Å². The van der Waals surface area contributed by atoms with Gasteiger partial charge in [-0.3, -0.25) is 0 Å². The van der Waals surface area contributed by atoms with Gasteiger partial charge in [-0.15, -0.1) is 0 Å². The summed E-state index contributed by atoms with van der Waals surface area (Å²) in [5.74, 6) is 1.53. The fraction of sp³-hybridized carbons (Fsp3) is 0.600. The smallest absolute Gasteiger partial charge is 0.122 e. The molecule has 0 spiro atoms. The van der Waals surface area contributed by atoms with E-state index in [1.165, 1.54) is 11.1 Å². The van der Waals surface area contributed by atoms with Gasteiger partial charge in [-0.1, -0.05) is 24.6 Å². The molecule has 1 aromatic carbocycles. The molecule has 2 atom stereocenters. The van der Waals surface area contributed by atoms with Gasteiger partial charge in [0, 0.05) is 6.04 Å². The van der Waals surface area contributed by atoms with Crippen LogP contribution >= 0.6 is 0 Å². The summed E-state index contributed by atoms with van der Waals surface area (Å²) in [6.07, 6.45) is 2.17. The van der Waals surface area contributed by atoms with E-state index in [1.54, 1.807) is 0 Å². The van der Waals surface area contributed by atoms with Gasteiger partial charge in [0.05, 0.1) is 6.61 Å². The van der Waals surface area contributed by atoms with Gasteiger partial charge in [0.15, 0.2) is 0 Å². The van der Waals surface area contributed by atoms with Crippen molar-refractivity contribution in [2.45, 2.75) is 52.5 Å². The minimum atomic E-state index is 0.276. The summed E-state index contributed by atoms with van der Waals surface area (Å²) in [5, 5.41) is 0. The molecule has 0 aliphatic rings. The van der Waals surface area contributed by atoms with E-state index in [9.17, 15) is 0 Å². The van der Waals surface area contributed by atoms with Crippen molar-refractivity contribution in [3.63, 3.8) is 0 Å². The van der Waals surface area contributed by atoms with Gasteiger partial charge in [-0.05, 0) is 51.2 Å². The zero-order chi connectivity index (χ0) is 12.8.